The molecule has 1 amide bonds. The number of amides is 1. The molecule has 2 saturated heterocycles. The lowest BCUT2D eigenvalue weighted by Crippen LogP contribution is -2.61. The molecule has 6 heteroatoms. The van der Waals surface area contributed by atoms with Gasteiger partial charge in [0.2, 0.25) is 5.89 Å². The van der Waals surface area contributed by atoms with E-state index in [-0.39, 0.29) is 17.2 Å². The van der Waals surface area contributed by atoms with Crippen molar-refractivity contribution < 1.29 is 9.32 Å². The van der Waals surface area contributed by atoms with Gasteiger partial charge in [0.15, 0.2) is 5.82 Å². The minimum Gasteiger partial charge on any atom is -0.339 e. The first-order chi connectivity index (χ1) is 14.9. The molecule has 0 aliphatic carbocycles. The predicted octanol–water partition coefficient (Wildman–Crippen LogP) is 3.74. The molecule has 0 bridgehead atoms. The largest absolute Gasteiger partial charge is 0.339 e. The molecule has 2 aromatic carbocycles. The lowest BCUT2D eigenvalue weighted by molar-refractivity contribution is -0.00125. The molecule has 1 spiro atoms. The summed E-state index contributed by atoms with van der Waals surface area (Å²) >= 11 is 0. The molecule has 0 saturated carbocycles. The molecule has 0 N–H and O–H groups in total. The topological polar surface area (TPSA) is 62.5 Å². The van der Waals surface area contributed by atoms with Crippen molar-refractivity contribution in [2.45, 2.75) is 33.2 Å². The zero-order chi connectivity index (χ0) is 21.6. The minimum atomic E-state index is -0.0385. The summed E-state index contributed by atoms with van der Waals surface area (Å²) in [6.45, 7) is 10.1. The van der Waals surface area contributed by atoms with Crippen LogP contribution in [0.15, 0.2) is 53.1 Å². The number of hydrogen-bond donors (Lipinski definition) is 0. The van der Waals surface area contributed by atoms with Crippen LogP contribution in [0.25, 0.3) is 0 Å². The molecule has 31 heavy (non-hydrogen) atoms. The van der Waals surface area contributed by atoms with Crippen molar-refractivity contribution in [2.75, 3.05) is 26.2 Å². The Bertz CT molecular complexity index is 1100. The fraction of sp³-hybridized carbons (Fsp3) is 0.400. The zero-order valence-corrected chi connectivity index (χ0v) is 18.3. The third-order valence-corrected chi connectivity index (χ3v) is 6.86. The van der Waals surface area contributed by atoms with Crippen LogP contribution in [-0.4, -0.2) is 52.0 Å². The maximum atomic E-state index is 13.1. The highest BCUT2D eigenvalue weighted by molar-refractivity contribution is 5.95. The number of hydrogen-bond acceptors (Lipinski definition) is 5. The van der Waals surface area contributed by atoms with E-state index in [0.717, 1.165) is 43.9 Å². The highest BCUT2D eigenvalue weighted by Crippen LogP contribution is 2.49. The van der Waals surface area contributed by atoms with Gasteiger partial charge in [-0.25, -0.2) is 0 Å². The van der Waals surface area contributed by atoms with E-state index in [2.05, 4.69) is 53.2 Å². The van der Waals surface area contributed by atoms with Crippen molar-refractivity contribution in [1.82, 2.24) is 19.9 Å². The van der Waals surface area contributed by atoms with Gasteiger partial charge >= 0.3 is 0 Å². The number of aromatic nitrogens is 2. The van der Waals surface area contributed by atoms with E-state index >= 15 is 0 Å². The lowest BCUT2D eigenvalue weighted by Gasteiger charge is -2.50. The number of carbonyl (C=O) groups excluding carboxylic acids is 1. The molecule has 5 rings (SSSR count). The number of aryl methyl sites for hydroxylation is 3. The van der Waals surface area contributed by atoms with E-state index in [9.17, 15) is 4.79 Å². The summed E-state index contributed by atoms with van der Waals surface area (Å²) in [5.74, 6) is 1.61. The third-order valence-electron chi connectivity index (χ3n) is 6.86. The van der Waals surface area contributed by atoms with Crippen molar-refractivity contribution in [3.05, 3.63) is 82.5 Å². The first-order valence-corrected chi connectivity index (χ1v) is 10.9. The monoisotopic (exact) mass is 416 g/mol. The molecule has 3 heterocycles. The Labute approximate surface area is 182 Å². The summed E-state index contributed by atoms with van der Waals surface area (Å²) in [7, 11) is 0. The molecule has 1 atom stereocenters. The van der Waals surface area contributed by atoms with Gasteiger partial charge in [-0.1, -0.05) is 41.6 Å². The van der Waals surface area contributed by atoms with Crippen molar-refractivity contribution >= 4 is 5.91 Å². The molecule has 1 unspecified atom stereocenters. The Balaban J connectivity index is 1.35. The quantitative estimate of drug-likeness (QED) is 0.648. The van der Waals surface area contributed by atoms with Gasteiger partial charge in [0.1, 0.15) is 0 Å². The van der Waals surface area contributed by atoms with Gasteiger partial charge in [0, 0.05) is 43.7 Å². The number of rotatable bonds is 4. The van der Waals surface area contributed by atoms with E-state index in [4.69, 9.17) is 4.52 Å². The molecular weight excluding hydrogens is 388 g/mol. The molecule has 6 nitrogen and oxygen atoms in total. The van der Waals surface area contributed by atoms with Crippen LogP contribution in [0.5, 0.6) is 0 Å². The minimum absolute atomic E-state index is 0.0385. The molecular formula is C25H28N4O2. The van der Waals surface area contributed by atoms with Crippen molar-refractivity contribution in [3.8, 4) is 0 Å². The summed E-state index contributed by atoms with van der Waals surface area (Å²) in [6.07, 6.45) is 0. The maximum Gasteiger partial charge on any atom is 0.253 e. The Morgan fingerprint density at radius 1 is 1.06 bits per heavy atom. The Kier molecular flexibility index (Phi) is 4.89. The fourth-order valence-electron chi connectivity index (χ4n) is 5.06. The Morgan fingerprint density at radius 2 is 1.84 bits per heavy atom. The van der Waals surface area contributed by atoms with Crippen LogP contribution < -0.4 is 0 Å². The van der Waals surface area contributed by atoms with Crippen LogP contribution in [0.4, 0.5) is 0 Å². The number of benzene rings is 2. The maximum absolute atomic E-state index is 13.1. The van der Waals surface area contributed by atoms with Crippen LogP contribution in [0.3, 0.4) is 0 Å². The van der Waals surface area contributed by atoms with Gasteiger partial charge in [-0.3, -0.25) is 9.69 Å². The van der Waals surface area contributed by atoms with Crippen LogP contribution >= 0.6 is 0 Å². The third kappa shape index (κ3) is 3.65. The second-order valence-corrected chi connectivity index (χ2v) is 9.21. The summed E-state index contributed by atoms with van der Waals surface area (Å²) in [6, 6.07) is 16.5. The van der Waals surface area contributed by atoms with Crippen LogP contribution in [0.2, 0.25) is 0 Å². The molecule has 0 radical (unpaired) electrons. The molecule has 3 aromatic rings. The number of nitrogens with zero attached hydrogens (tertiary/aromatic N) is 4. The average Bonchev–Trinajstić information content (AvgIpc) is 3.33. The highest BCUT2D eigenvalue weighted by atomic mass is 16.5. The van der Waals surface area contributed by atoms with Gasteiger partial charge in [-0.2, -0.15) is 4.98 Å². The molecule has 2 fully saturated rings. The van der Waals surface area contributed by atoms with E-state index in [1.165, 1.54) is 11.1 Å². The van der Waals surface area contributed by atoms with E-state index in [1.54, 1.807) is 0 Å². The second-order valence-electron chi connectivity index (χ2n) is 9.21. The summed E-state index contributed by atoms with van der Waals surface area (Å²) in [5.41, 5.74) is 4.37. The summed E-state index contributed by atoms with van der Waals surface area (Å²) < 4.78 is 5.60. The molecule has 160 valence electrons. The SMILES string of the molecule is Cc1noc(C2CN(Cc3ccccc3)CC23CN(C(=O)c2ccc(C)c(C)c2)C3)n1. The van der Waals surface area contributed by atoms with Gasteiger partial charge < -0.3 is 9.42 Å². The zero-order valence-electron chi connectivity index (χ0n) is 18.3. The predicted molar refractivity (Wildman–Crippen MR) is 118 cm³/mol. The van der Waals surface area contributed by atoms with Gasteiger partial charge in [-0.05, 0) is 49.6 Å². The standard InChI is InChI=1S/C25H28N4O2/c1-17-9-10-21(11-18(17)2)24(30)29-15-25(16-29)14-28(12-20-7-5-4-6-8-20)13-22(25)23-26-19(3)27-31-23/h4-11,22H,12-16H2,1-3H3. The van der Waals surface area contributed by atoms with Crippen LogP contribution in [-0.2, 0) is 6.54 Å². The van der Waals surface area contributed by atoms with Crippen LogP contribution in [0.1, 0.15) is 44.7 Å². The van der Waals surface area contributed by atoms with Crippen molar-refractivity contribution in [1.29, 1.82) is 0 Å². The highest BCUT2D eigenvalue weighted by Gasteiger charge is 2.57. The van der Waals surface area contributed by atoms with E-state index in [1.807, 2.05) is 36.1 Å². The van der Waals surface area contributed by atoms with Gasteiger partial charge in [0.05, 0.1) is 5.92 Å². The van der Waals surface area contributed by atoms with Crippen LogP contribution in [0, 0.1) is 26.2 Å². The molecule has 2 aliphatic rings. The summed E-state index contributed by atoms with van der Waals surface area (Å²) in [4.78, 5) is 22.1. The van der Waals surface area contributed by atoms with Crippen molar-refractivity contribution in [2.24, 2.45) is 5.41 Å². The van der Waals surface area contributed by atoms with Gasteiger partial charge in [0.25, 0.3) is 5.91 Å². The van der Waals surface area contributed by atoms with E-state index < -0.39 is 0 Å². The van der Waals surface area contributed by atoms with Crippen molar-refractivity contribution in [3.63, 3.8) is 0 Å². The summed E-state index contributed by atoms with van der Waals surface area (Å²) in [5, 5.41) is 4.03. The number of carbonyl (C=O) groups is 1. The normalized spacial score (nSPS) is 20.2. The van der Waals surface area contributed by atoms with Gasteiger partial charge in [-0.15, -0.1) is 0 Å². The Morgan fingerprint density at radius 3 is 2.52 bits per heavy atom. The molecule has 1 aromatic heterocycles. The average molecular weight is 417 g/mol. The first-order valence-electron chi connectivity index (χ1n) is 10.9. The fourth-order valence-corrected chi connectivity index (χ4v) is 5.06. The number of likely N-dealkylation sites (tertiary alicyclic amines) is 2. The smallest absolute Gasteiger partial charge is 0.253 e. The first kappa shape index (κ1) is 19.9. The Hall–Kier alpha value is -2.99. The van der Waals surface area contributed by atoms with E-state index in [0.29, 0.717) is 11.7 Å². The molecule has 2 aliphatic heterocycles. The lowest BCUT2D eigenvalue weighted by atomic mass is 9.71. The second kappa shape index (κ2) is 7.61.